The van der Waals surface area contributed by atoms with Gasteiger partial charge >= 0.3 is 0 Å². The molecule has 6 nitrogen and oxygen atoms in total. The first kappa shape index (κ1) is 18.4. The molecule has 0 unspecified atom stereocenters. The lowest BCUT2D eigenvalue weighted by Crippen LogP contribution is -2.42. The van der Waals surface area contributed by atoms with Crippen LogP contribution in [0.3, 0.4) is 0 Å². The van der Waals surface area contributed by atoms with E-state index in [0.29, 0.717) is 37.2 Å². The maximum atomic E-state index is 13.1. The number of rotatable bonds is 3. The minimum absolute atomic E-state index is 0.126. The van der Waals surface area contributed by atoms with E-state index in [1.807, 2.05) is 6.07 Å². The Balaban J connectivity index is 1.43. The van der Waals surface area contributed by atoms with Crippen LogP contribution < -0.4 is 4.74 Å². The van der Waals surface area contributed by atoms with Crippen LogP contribution in [0.25, 0.3) is 0 Å². The summed E-state index contributed by atoms with van der Waals surface area (Å²) in [7, 11) is 0. The summed E-state index contributed by atoms with van der Waals surface area (Å²) in [5.41, 5.74) is 0.663. The number of pyridine rings is 1. The Hall–Kier alpha value is -2.98. The number of carbonyl (C=O) groups excluding carboxylic acids is 1. The van der Waals surface area contributed by atoms with Crippen LogP contribution in [-0.4, -0.2) is 46.2 Å². The fourth-order valence-electron chi connectivity index (χ4n) is 4.18. The number of aliphatic hydroxyl groups excluding tert-OH is 1. The molecule has 7 heteroatoms. The van der Waals surface area contributed by atoms with Gasteiger partial charge in [-0.1, -0.05) is 0 Å². The van der Waals surface area contributed by atoms with Crippen LogP contribution in [0.2, 0.25) is 0 Å². The smallest absolute Gasteiger partial charge is 0.254 e. The molecule has 1 saturated carbocycles. The molecule has 1 aromatic carbocycles. The number of aliphatic hydroxyl groups is 1. The van der Waals surface area contributed by atoms with Gasteiger partial charge in [-0.25, -0.2) is 9.37 Å². The van der Waals surface area contributed by atoms with E-state index in [4.69, 9.17) is 10.00 Å². The number of likely N-dealkylation sites (tertiary alicyclic amines) is 1. The van der Waals surface area contributed by atoms with Gasteiger partial charge < -0.3 is 14.7 Å². The second kappa shape index (κ2) is 7.56. The summed E-state index contributed by atoms with van der Waals surface area (Å²) in [5, 5.41) is 19.5. The van der Waals surface area contributed by atoms with Crippen LogP contribution in [-0.2, 0) is 0 Å². The molecule has 28 heavy (non-hydrogen) atoms. The van der Waals surface area contributed by atoms with Crippen LogP contribution in [0.5, 0.6) is 5.75 Å². The molecule has 2 heterocycles. The summed E-state index contributed by atoms with van der Waals surface area (Å²) in [6.07, 6.45) is 1.64. The predicted molar refractivity (Wildman–Crippen MR) is 97.9 cm³/mol. The molecular formula is C21H20FN3O3. The Morgan fingerprint density at radius 3 is 2.64 bits per heavy atom. The van der Waals surface area contributed by atoms with Crippen molar-refractivity contribution in [3.63, 3.8) is 0 Å². The number of aromatic nitrogens is 1. The molecule has 0 spiro atoms. The van der Waals surface area contributed by atoms with Gasteiger partial charge in [0, 0.05) is 24.8 Å². The summed E-state index contributed by atoms with van der Waals surface area (Å²) in [6.45, 7) is 1.16. The van der Waals surface area contributed by atoms with Gasteiger partial charge in [0.05, 0.1) is 6.10 Å². The third-order valence-corrected chi connectivity index (χ3v) is 5.59. The van der Waals surface area contributed by atoms with Gasteiger partial charge in [0.15, 0.2) is 0 Å². The van der Waals surface area contributed by atoms with Crippen LogP contribution in [0.4, 0.5) is 4.39 Å². The number of carbonyl (C=O) groups is 1. The maximum absolute atomic E-state index is 13.1. The molecule has 2 aliphatic rings. The van der Waals surface area contributed by atoms with Gasteiger partial charge in [0.1, 0.15) is 29.4 Å². The van der Waals surface area contributed by atoms with Crippen molar-refractivity contribution in [1.29, 1.82) is 5.26 Å². The molecule has 0 bridgehead atoms. The lowest BCUT2D eigenvalue weighted by Gasteiger charge is -2.35. The van der Waals surface area contributed by atoms with Crippen molar-refractivity contribution in [2.75, 3.05) is 13.1 Å². The van der Waals surface area contributed by atoms with Gasteiger partial charge in [-0.2, -0.15) is 5.26 Å². The molecule has 4 atom stereocenters. The zero-order valence-corrected chi connectivity index (χ0v) is 15.2. The molecule has 2 fully saturated rings. The Morgan fingerprint density at radius 1 is 1.21 bits per heavy atom. The standard InChI is InChI=1S/C21H20FN3O3/c22-16-1-3-18(4-2-16)28-20-9-15-12-25(11-14(15)8-19(20)26)21(27)13-5-6-24-17(7-13)10-23/h1-7,14-15,19-20,26H,8-9,11-12H2/t14-,15+,19+,20+/m0/s1. The van der Waals surface area contributed by atoms with E-state index >= 15 is 0 Å². The molecule has 1 N–H and O–H groups in total. The summed E-state index contributed by atoms with van der Waals surface area (Å²) in [4.78, 5) is 18.5. The highest BCUT2D eigenvalue weighted by Crippen LogP contribution is 2.38. The zero-order valence-electron chi connectivity index (χ0n) is 15.2. The number of benzene rings is 1. The minimum atomic E-state index is -0.632. The van der Waals surface area contributed by atoms with Crippen LogP contribution >= 0.6 is 0 Å². The number of nitriles is 1. The predicted octanol–water partition coefficient (Wildman–Crippen LogP) is 2.38. The largest absolute Gasteiger partial charge is 0.488 e. The molecule has 1 amide bonds. The van der Waals surface area contributed by atoms with Crippen LogP contribution in [0.1, 0.15) is 28.9 Å². The number of hydrogen-bond donors (Lipinski definition) is 1. The summed E-state index contributed by atoms with van der Waals surface area (Å²) in [5.74, 6) is 0.506. The topological polar surface area (TPSA) is 86.5 Å². The summed E-state index contributed by atoms with van der Waals surface area (Å²) >= 11 is 0. The number of ether oxygens (including phenoxy) is 1. The van der Waals surface area contributed by atoms with Crippen LogP contribution in [0, 0.1) is 29.0 Å². The Morgan fingerprint density at radius 2 is 1.93 bits per heavy atom. The van der Waals surface area contributed by atoms with E-state index in [-0.39, 0.29) is 35.4 Å². The van der Waals surface area contributed by atoms with E-state index in [0.717, 1.165) is 0 Å². The number of hydrogen-bond acceptors (Lipinski definition) is 5. The second-order valence-electron chi connectivity index (χ2n) is 7.42. The van der Waals surface area contributed by atoms with Crippen molar-refractivity contribution in [3.05, 3.63) is 59.7 Å². The normalized spacial score (nSPS) is 26.4. The first-order chi connectivity index (χ1) is 13.5. The molecule has 1 saturated heterocycles. The van der Waals surface area contributed by atoms with E-state index in [1.165, 1.54) is 24.4 Å². The SMILES string of the molecule is N#Cc1cc(C(=O)N2C[C@H]3C[C@@H](Oc4ccc(F)cc4)[C@H](O)C[C@H]3C2)ccn1. The van der Waals surface area contributed by atoms with E-state index in [1.54, 1.807) is 23.1 Å². The van der Waals surface area contributed by atoms with Crippen molar-refractivity contribution in [3.8, 4) is 11.8 Å². The fraction of sp³-hybridized carbons (Fsp3) is 0.381. The Bertz CT molecular complexity index is 912. The first-order valence-corrected chi connectivity index (χ1v) is 9.29. The van der Waals surface area contributed by atoms with Gasteiger partial charge in [0.2, 0.25) is 0 Å². The highest BCUT2D eigenvalue weighted by molar-refractivity contribution is 5.94. The molecule has 1 aromatic heterocycles. The van der Waals surface area contributed by atoms with Crippen molar-refractivity contribution in [2.45, 2.75) is 25.0 Å². The molecule has 2 aromatic rings. The van der Waals surface area contributed by atoms with Gasteiger partial charge in [-0.3, -0.25) is 4.79 Å². The van der Waals surface area contributed by atoms with Crippen molar-refractivity contribution >= 4 is 5.91 Å². The second-order valence-corrected chi connectivity index (χ2v) is 7.42. The van der Waals surface area contributed by atoms with E-state index in [2.05, 4.69) is 4.98 Å². The molecule has 4 rings (SSSR count). The highest BCUT2D eigenvalue weighted by atomic mass is 19.1. The van der Waals surface area contributed by atoms with Crippen molar-refractivity contribution in [2.24, 2.45) is 11.8 Å². The van der Waals surface area contributed by atoms with Crippen LogP contribution in [0.15, 0.2) is 42.6 Å². The number of halogens is 1. The average molecular weight is 381 g/mol. The van der Waals surface area contributed by atoms with Gasteiger partial charge in [-0.05, 0) is 61.1 Å². The lowest BCUT2D eigenvalue weighted by molar-refractivity contribution is -0.0231. The Labute approximate surface area is 162 Å². The lowest BCUT2D eigenvalue weighted by atomic mass is 9.78. The average Bonchev–Trinajstić information content (AvgIpc) is 3.12. The number of nitrogens with zero attached hydrogens (tertiary/aromatic N) is 3. The van der Waals surface area contributed by atoms with Crippen molar-refractivity contribution < 1.29 is 19.0 Å². The fourth-order valence-corrected chi connectivity index (χ4v) is 4.18. The number of fused-ring (bicyclic) bond motifs is 1. The molecule has 144 valence electrons. The highest BCUT2D eigenvalue weighted by Gasteiger charge is 2.44. The monoisotopic (exact) mass is 381 g/mol. The minimum Gasteiger partial charge on any atom is -0.488 e. The molecule has 1 aliphatic heterocycles. The third kappa shape index (κ3) is 3.69. The third-order valence-electron chi connectivity index (χ3n) is 5.59. The van der Waals surface area contributed by atoms with Gasteiger partial charge in [0.25, 0.3) is 5.91 Å². The summed E-state index contributed by atoms with van der Waals surface area (Å²) < 4.78 is 18.9. The zero-order chi connectivity index (χ0) is 19.7. The Kier molecular flexibility index (Phi) is 4.97. The van der Waals surface area contributed by atoms with E-state index < -0.39 is 6.10 Å². The van der Waals surface area contributed by atoms with Gasteiger partial charge in [-0.15, -0.1) is 0 Å². The molecule has 1 aliphatic carbocycles. The van der Waals surface area contributed by atoms with E-state index in [9.17, 15) is 14.3 Å². The quantitative estimate of drug-likeness (QED) is 0.882. The van der Waals surface area contributed by atoms with Crippen molar-refractivity contribution in [1.82, 2.24) is 9.88 Å². The summed E-state index contributed by atoms with van der Waals surface area (Å²) in [6, 6.07) is 10.8. The first-order valence-electron chi connectivity index (χ1n) is 9.29. The molecular weight excluding hydrogens is 361 g/mol. The molecule has 0 radical (unpaired) electrons. The number of amides is 1. The maximum Gasteiger partial charge on any atom is 0.254 e.